The van der Waals surface area contributed by atoms with E-state index in [1.165, 1.54) is 0 Å². The minimum Gasteiger partial charge on any atom is -0.496 e. The number of carboxylic acid groups (broad SMARTS) is 1. The average Bonchev–Trinajstić information content (AvgIpc) is 2.83. The van der Waals surface area contributed by atoms with Crippen molar-refractivity contribution in [2.24, 2.45) is 0 Å². The van der Waals surface area contributed by atoms with Gasteiger partial charge >= 0.3 is 5.97 Å². The molecule has 1 N–H and O–H groups in total. The summed E-state index contributed by atoms with van der Waals surface area (Å²) in [5.74, 6) is -0.253. The van der Waals surface area contributed by atoms with Crippen molar-refractivity contribution in [2.45, 2.75) is 13.5 Å². The molecule has 2 aromatic rings. The van der Waals surface area contributed by atoms with Crippen molar-refractivity contribution in [2.75, 3.05) is 7.11 Å². The molecule has 94 valence electrons. The average molecular weight is 245 g/mol. The number of nitrogens with zero attached hydrogens (tertiary/aromatic N) is 1. The largest absolute Gasteiger partial charge is 0.496 e. The van der Waals surface area contributed by atoms with Gasteiger partial charge in [0.25, 0.3) is 0 Å². The summed E-state index contributed by atoms with van der Waals surface area (Å²) in [5.41, 5.74) is 1.77. The SMILES string of the molecule is CCn1cc(C(=O)O)c(-c2ccccc2OC)c1. The number of benzene rings is 1. The molecule has 0 spiro atoms. The molecule has 0 amide bonds. The summed E-state index contributed by atoms with van der Waals surface area (Å²) >= 11 is 0. The van der Waals surface area contributed by atoms with Crippen molar-refractivity contribution in [3.63, 3.8) is 0 Å². The van der Waals surface area contributed by atoms with Crippen molar-refractivity contribution in [3.8, 4) is 16.9 Å². The maximum absolute atomic E-state index is 11.3. The van der Waals surface area contributed by atoms with Gasteiger partial charge in [-0.2, -0.15) is 0 Å². The molecule has 0 radical (unpaired) electrons. The molecule has 0 aliphatic rings. The minimum atomic E-state index is -0.928. The first-order valence-electron chi connectivity index (χ1n) is 5.73. The van der Waals surface area contributed by atoms with E-state index in [4.69, 9.17) is 4.74 Å². The highest BCUT2D eigenvalue weighted by molar-refractivity contribution is 5.96. The maximum atomic E-state index is 11.3. The Bertz CT molecular complexity index is 572. The number of hydrogen-bond acceptors (Lipinski definition) is 2. The third-order valence-corrected chi connectivity index (χ3v) is 2.87. The lowest BCUT2D eigenvalue weighted by Crippen LogP contribution is -1.97. The number of carbonyl (C=O) groups is 1. The Morgan fingerprint density at radius 1 is 1.28 bits per heavy atom. The predicted molar refractivity (Wildman–Crippen MR) is 69.1 cm³/mol. The number of para-hydroxylation sites is 1. The molecule has 0 atom stereocenters. The van der Waals surface area contributed by atoms with E-state index >= 15 is 0 Å². The lowest BCUT2D eigenvalue weighted by molar-refractivity contribution is 0.0697. The summed E-state index contributed by atoms with van der Waals surface area (Å²) < 4.78 is 7.13. The van der Waals surface area contributed by atoms with Crippen LogP contribution in [0.2, 0.25) is 0 Å². The summed E-state index contributed by atoms with van der Waals surface area (Å²) in [6.07, 6.45) is 3.48. The Balaban J connectivity index is 2.62. The Morgan fingerprint density at radius 2 is 2.00 bits per heavy atom. The van der Waals surface area contributed by atoms with Crippen LogP contribution in [0, 0.1) is 0 Å². The third kappa shape index (κ3) is 2.09. The van der Waals surface area contributed by atoms with Gasteiger partial charge in [0.2, 0.25) is 0 Å². The molecule has 0 saturated heterocycles. The highest BCUT2D eigenvalue weighted by Gasteiger charge is 2.17. The fraction of sp³-hybridized carbons (Fsp3) is 0.214. The van der Waals surface area contributed by atoms with Crippen molar-refractivity contribution < 1.29 is 14.6 Å². The van der Waals surface area contributed by atoms with Gasteiger partial charge in [-0.15, -0.1) is 0 Å². The monoisotopic (exact) mass is 245 g/mol. The molecule has 4 nitrogen and oxygen atoms in total. The zero-order chi connectivity index (χ0) is 13.1. The molecule has 2 rings (SSSR count). The summed E-state index contributed by atoms with van der Waals surface area (Å²) in [6, 6.07) is 7.41. The standard InChI is InChI=1S/C14H15NO3/c1-3-15-8-11(12(9-15)14(16)17)10-6-4-5-7-13(10)18-2/h4-9H,3H2,1-2H3,(H,16,17). The molecule has 0 aliphatic heterocycles. The second-order valence-corrected chi connectivity index (χ2v) is 3.92. The molecular formula is C14H15NO3. The van der Waals surface area contributed by atoms with E-state index in [9.17, 15) is 9.90 Å². The Morgan fingerprint density at radius 3 is 2.61 bits per heavy atom. The van der Waals surface area contributed by atoms with Crippen LogP contribution >= 0.6 is 0 Å². The first-order chi connectivity index (χ1) is 8.67. The van der Waals surface area contributed by atoms with E-state index in [2.05, 4.69) is 0 Å². The molecule has 1 heterocycles. The number of carboxylic acids is 1. The van der Waals surface area contributed by atoms with Crippen LogP contribution in [0.1, 0.15) is 17.3 Å². The molecular weight excluding hydrogens is 230 g/mol. The maximum Gasteiger partial charge on any atom is 0.337 e. The van der Waals surface area contributed by atoms with E-state index < -0.39 is 5.97 Å². The Hall–Kier alpha value is -2.23. The van der Waals surface area contributed by atoms with E-state index in [0.717, 1.165) is 12.1 Å². The summed E-state index contributed by atoms with van der Waals surface area (Å²) in [4.78, 5) is 11.3. The second kappa shape index (κ2) is 4.96. The van der Waals surface area contributed by atoms with Crippen LogP contribution < -0.4 is 4.74 Å². The van der Waals surface area contributed by atoms with Gasteiger partial charge in [0.1, 0.15) is 5.75 Å². The van der Waals surface area contributed by atoms with Crippen LogP contribution in [0.5, 0.6) is 5.75 Å². The highest BCUT2D eigenvalue weighted by Crippen LogP contribution is 2.32. The van der Waals surface area contributed by atoms with E-state index in [0.29, 0.717) is 16.9 Å². The number of aryl methyl sites for hydroxylation is 1. The summed E-state index contributed by atoms with van der Waals surface area (Å²) in [5, 5.41) is 9.25. The number of rotatable bonds is 4. The quantitative estimate of drug-likeness (QED) is 0.901. The second-order valence-electron chi connectivity index (χ2n) is 3.92. The van der Waals surface area contributed by atoms with Crippen LogP contribution in [0.15, 0.2) is 36.7 Å². The fourth-order valence-corrected chi connectivity index (χ4v) is 1.94. The van der Waals surface area contributed by atoms with Gasteiger partial charge < -0.3 is 14.4 Å². The molecule has 0 unspecified atom stereocenters. The van der Waals surface area contributed by atoms with Gasteiger partial charge in [-0.3, -0.25) is 0 Å². The smallest absolute Gasteiger partial charge is 0.337 e. The number of hydrogen-bond donors (Lipinski definition) is 1. The molecule has 4 heteroatoms. The molecule has 1 aromatic heterocycles. The van der Waals surface area contributed by atoms with Crippen LogP contribution in [0.4, 0.5) is 0 Å². The molecule has 0 aliphatic carbocycles. The van der Waals surface area contributed by atoms with Crippen LogP contribution in [0.3, 0.4) is 0 Å². The molecule has 0 saturated carbocycles. The zero-order valence-electron chi connectivity index (χ0n) is 10.4. The van der Waals surface area contributed by atoms with Crippen LogP contribution in [0.25, 0.3) is 11.1 Å². The van der Waals surface area contributed by atoms with Crippen LogP contribution in [-0.4, -0.2) is 22.8 Å². The van der Waals surface area contributed by atoms with Gasteiger partial charge in [0.05, 0.1) is 12.7 Å². The van der Waals surface area contributed by atoms with Gasteiger partial charge in [-0.1, -0.05) is 18.2 Å². The van der Waals surface area contributed by atoms with Gasteiger partial charge in [0, 0.05) is 30.1 Å². The molecule has 1 aromatic carbocycles. The lowest BCUT2D eigenvalue weighted by atomic mass is 10.0. The molecule has 18 heavy (non-hydrogen) atoms. The van der Waals surface area contributed by atoms with E-state index in [1.807, 2.05) is 42.0 Å². The lowest BCUT2D eigenvalue weighted by Gasteiger charge is -2.07. The predicted octanol–water partition coefficient (Wildman–Crippen LogP) is 2.88. The number of aromatic carboxylic acids is 1. The van der Waals surface area contributed by atoms with Gasteiger partial charge in [-0.05, 0) is 13.0 Å². The molecule has 0 fully saturated rings. The number of ether oxygens (including phenoxy) is 1. The van der Waals surface area contributed by atoms with E-state index in [-0.39, 0.29) is 0 Å². The zero-order valence-corrected chi connectivity index (χ0v) is 10.4. The summed E-state index contributed by atoms with van der Waals surface area (Å²) in [7, 11) is 1.58. The van der Waals surface area contributed by atoms with E-state index in [1.54, 1.807) is 13.3 Å². The first-order valence-corrected chi connectivity index (χ1v) is 5.73. The fourth-order valence-electron chi connectivity index (χ4n) is 1.94. The van der Waals surface area contributed by atoms with Gasteiger partial charge in [0.15, 0.2) is 0 Å². The number of methoxy groups -OCH3 is 1. The van der Waals surface area contributed by atoms with Crippen molar-refractivity contribution in [1.29, 1.82) is 0 Å². The third-order valence-electron chi connectivity index (χ3n) is 2.87. The summed E-state index contributed by atoms with van der Waals surface area (Å²) in [6.45, 7) is 2.70. The normalized spacial score (nSPS) is 10.3. The van der Waals surface area contributed by atoms with Gasteiger partial charge in [-0.25, -0.2) is 4.79 Å². The minimum absolute atomic E-state index is 0.293. The first kappa shape index (κ1) is 12.2. The Kier molecular flexibility index (Phi) is 3.37. The van der Waals surface area contributed by atoms with Crippen LogP contribution in [-0.2, 0) is 6.54 Å². The highest BCUT2D eigenvalue weighted by atomic mass is 16.5. The van der Waals surface area contributed by atoms with Crippen molar-refractivity contribution >= 4 is 5.97 Å². The molecule has 0 bridgehead atoms. The number of aromatic nitrogens is 1. The van der Waals surface area contributed by atoms with Crippen molar-refractivity contribution in [1.82, 2.24) is 4.57 Å². The Labute approximate surface area is 105 Å². The topological polar surface area (TPSA) is 51.5 Å². The van der Waals surface area contributed by atoms with Crippen molar-refractivity contribution in [3.05, 3.63) is 42.2 Å².